The molecule has 0 saturated heterocycles. The summed E-state index contributed by atoms with van der Waals surface area (Å²) < 4.78 is 0. The van der Waals surface area contributed by atoms with Gasteiger partial charge in [-0.25, -0.2) is 5.10 Å². The van der Waals surface area contributed by atoms with Crippen molar-refractivity contribution in [2.45, 2.75) is 26.2 Å². The number of H-pyrrole nitrogens is 1. The van der Waals surface area contributed by atoms with Gasteiger partial charge in [0.1, 0.15) is 0 Å². The molecule has 3 nitrogen and oxygen atoms in total. The maximum Gasteiger partial charge on any atom is 0.267 e. The van der Waals surface area contributed by atoms with Crippen LogP contribution in [0.1, 0.15) is 24.5 Å². The highest BCUT2D eigenvalue weighted by molar-refractivity contribution is 5.23. The Morgan fingerprint density at radius 1 is 1.67 bits per heavy atom. The van der Waals surface area contributed by atoms with Crippen molar-refractivity contribution >= 4 is 0 Å². The van der Waals surface area contributed by atoms with E-state index in [1.165, 1.54) is 6.42 Å². The number of rotatable bonds is 0. The first-order valence-corrected chi connectivity index (χ1v) is 4.33. The minimum Gasteiger partial charge on any atom is -0.268 e. The van der Waals surface area contributed by atoms with Crippen molar-refractivity contribution in [1.82, 2.24) is 10.2 Å². The fourth-order valence-corrected chi connectivity index (χ4v) is 1.75. The molecule has 3 heteroatoms. The van der Waals surface area contributed by atoms with E-state index in [1.807, 2.05) is 0 Å². The molecule has 12 heavy (non-hydrogen) atoms. The normalized spacial score (nSPS) is 21.9. The third kappa shape index (κ3) is 1.15. The fraction of sp³-hybridized carbons (Fsp3) is 0.556. The first-order chi connectivity index (χ1) is 5.77. The second-order valence-electron chi connectivity index (χ2n) is 3.55. The summed E-state index contributed by atoms with van der Waals surface area (Å²) in [4.78, 5) is 11.3. The maximum absolute atomic E-state index is 11.3. The molecule has 1 heterocycles. The van der Waals surface area contributed by atoms with Gasteiger partial charge in [-0.05, 0) is 30.7 Å². The predicted molar refractivity (Wildman–Crippen MR) is 46.0 cm³/mol. The van der Waals surface area contributed by atoms with E-state index in [-0.39, 0.29) is 5.56 Å². The molecule has 64 valence electrons. The lowest BCUT2D eigenvalue weighted by atomic mass is 9.87. The Hall–Kier alpha value is -1.12. The molecule has 0 aliphatic heterocycles. The lowest BCUT2D eigenvalue weighted by molar-refractivity contribution is 0.494. The first-order valence-electron chi connectivity index (χ1n) is 4.33. The Labute approximate surface area is 70.8 Å². The van der Waals surface area contributed by atoms with Crippen LogP contribution in [0.25, 0.3) is 0 Å². The largest absolute Gasteiger partial charge is 0.268 e. The third-order valence-corrected chi connectivity index (χ3v) is 2.51. The van der Waals surface area contributed by atoms with Crippen molar-refractivity contribution in [3.8, 4) is 0 Å². The molecule has 1 aromatic rings. The van der Waals surface area contributed by atoms with E-state index < -0.39 is 0 Å². The van der Waals surface area contributed by atoms with Crippen LogP contribution < -0.4 is 5.56 Å². The van der Waals surface area contributed by atoms with Crippen molar-refractivity contribution in [3.63, 3.8) is 0 Å². The van der Waals surface area contributed by atoms with Crippen molar-refractivity contribution in [1.29, 1.82) is 0 Å². The minimum atomic E-state index is -0.000880. The maximum atomic E-state index is 11.3. The summed E-state index contributed by atoms with van der Waals surface area (Å²) in [6, 6.07) is 0. The van der Waals surface area contributed by atoms with Crippen molar-refractivity contribution < 1.29 is 0 Å². The van der Waals surface area contributed by atoms with Gasteiger partial charge in [0.2, 0.25) is 0 Å². The van der Waals surface area contributed by atoms with E-state index >= 15 is 0 Å². The van der Waals surface area contributed by atoms with Crippen LogP contribution in [0.15, 0.2) is 11.0 Å². The second kappa shape index (κ2) is 2.73. The van der Waals surface area contributed by atoms with Crippen LogP contribution in [0, 0.1) is 5.92 Å². The van der Waals surface area contributed by atoms with Crippen LogP contribution in [0.4, 0.5) is 0 Å². The summed E-state index contributed by atoms with van der Waals surface area (Å²) in [6.07, 6.45) is 4.88. The zero-order valence-electron chi connectivity index (χ0n) is 7.13. The molecular weight excluding hydrogens is 152 g/mol. The molecule has 1 atom stereocenters. The molecule has 2 rings (SSSR count). The summed E-state index contributed by atoms with van der Waals surface area (Å²) in [5.41, 5.74) is 2.08. The number of fused-ring (bicyclic) bond motifs is 1. The Kier molecular flexibility index (Phi) is 1.71. The molecule has 0 amide bonds. The molecule has 0 radical (unpaired) electrons. The van der Waals surface area contributed by atoms with Crippen molar-refractivity contribution in [3.05, 3.63) is 27.7 Å². The SMILES string of the molecule is CC1CCc2cn[nH]c(=O)c2C1. The summed E-state index contributed by atoms with van der Waals surface area (Å²) >= 11 is 0. The van der Waals surface area contributed by atoms with Gasteiger partial charge in [-0.2, -0.15) is 5.10 Å². The highest BCUT2D eigenvalue weighted by Crippen LogP contribution is 2.21. The summed E-state index contributed by atoms with van der Waals surface area (Å²) in [5.74, 6) is 0.640. The number of aromatic nitrogens is 2. The molecule has 0 fully saturated rings. The van der Waals surface area contributed by atoms with Crippen LogP contribution in [-0.4, -0.2) is 10.2 Å². The molecule has 0 saturated carbocycles. The fourth-order valence-electron chi connectivity index (χ4n) is 1.75. The Morgan fingerprint density at radius 2 is 2.50 bits per heavy atom. The van der Waals surface area contributed by atoms with Crippen LogP contribution >= 0.6 is 0 Å². The number of aromatic amines is 1. The third-order valence-electron chi connectivity index (χ3n) is 2.51. The van der Waals surface area contributed by atoms with Gasteiger partial charge in [-0.3, -0.25) is 4.79 Å². The Morgan fingerprint density at radius 3 is 3.33 bits per heavy atom. The highest BCUT2D eigenvalue weighted by Gasteiger charge is 2.17. The molecular formula is C9H12N2O. The van der Waals surface area contributed by atoms with Gasteiger partial charge in [0.05, 0.1) is 6.20 Å². The van der Waals surface area contributed by atoms with E-state index in [2.05, 4.69) is 17.1 Å². The van der Waals surface area contributed by atoms with Gasteiger partial charge in [0.15, 0.2) is 0 Å². The Bertz CT molecular complexity index is 343. The molecule has 0 spiro atoms. The van der Waals surface area contributed by atoms with Crippen molar-refractivity contribution in [2.75, 3.05) is 0 Å². The van der Waals surface area contributed by atoms with E-state index in [4.69, 9.17) is 0 Å². The smallest absolute Gasteiger partial charge is 0.267 e. The molecule has 1 aliphatic carbocycles. The molecule has 0 aromatic carbocycles. The van der Waals surface area contributed by atoms with Gasteiger partial charge in [0.25, 0.3) is 5.56 Å². The van der Waals surface area contributed by atoms with Crippen LogP contribution in [0.2, 0.25) is 0 Å². The zero-order chi connectivity index (χ0) is 8.55. The van der Waals surface area contributed by atoms with E-state index in [1.54, 1.807) is 6.20 Å². The second-order valence-corrected chi connectivity index (χ2v) is 3.55. The summed E-state index contributed by atoms with van der Waals surface area (Å²) in [5, 5.41) is 6.26. The standard InChI is InChI=1S/C9H12N2O/c1-6-2-3-7-5-10-11-9(12)8(7)4-6/h5-6H,2-4H2,1H3,(H,11,12). The van der Waals surface area contributed by atoms with Crippen molar-refractivity contribution in [2.24, 2.45) is 5.92 Å². The van der Waals surface area contributed by atoms with Crippen LogP contribution in [-0.2, 0) is 12.8 Å². The average Bonchev–Trinajstić information content (AvgIpc) is 2.07. The van der Waals surface area contributed by atoms with Gasteiger partial charge in [-0.1, -0.05) is 6.92 Å². The van der Waals surface area contributed by atoms with Gasteiger partial charge in [-0.15, -0.1) is 0 Å². The summed E-state index contributed by atoms with van der Waals surface area (Å²) in [7, 11) is 0. The monoisotopic (exact) mass is 164 g/mol. The molecule has 0 bridgehead atoms. The summed E-state index contributed by atoms with van der Waals surface area (Å²) in [6.45, 7) is 2.18. The first kappa shape index (κ1) is 7.53. The van der Waals surface area contributed by atoms with Gasteiger partial charge in [0, 0.05) is 5.56 Å². The molecule has 1 N–H and O–H groups in total. The molecule has 1 unspecified atom stereocenters. The van der Waals surface area contributed by atoms with E-state index in [0.717, 1.165) is 24.0 Å². The number of aryl methyl sites for hydroxylation is 1. The van der Waals surface area contributed by atoms with Gasteiger partial charge >= 0.3 is 0 Å². The van der Waals surface area contributed by atoms with E-state index in [9.17, 15) is 4.79 Å². The average molecular weight is 164 g/mol. The molecule has 1 aliphatic rings. The topological polar surface area (TPSA) is 45.8 Å². The number of hydrogen-bond donors (Lipinski definition) is 1. The van der Waals surface area contributed by atoms with E-state index in [0.29, 0.717) is 5.92 Å². The molecule has 1 aromatic heterocycles. The predicted octanol–water partition coefficient (Wildman–Crippen LogP) is 0.895. The van der Waals surface area contributed by atoms with Gasteiger partial charge < -0.3 is 0 Å². The number of hydrogen-bond acceptors (Lipinski definition) is 2. The number of nitrogens with zero attached hydrogens (tertiary/aromatic N) is 1. The Balaban J connectivity index is 2.50. The van der Waals surface area contributed by atoms with Crippen LogP contribution in [0.3, 0.4) is 0 Å². The van der Waals surface area contributed by atoms with Crippen LogP contribution in [0.5, 0.6) is 0 Å². The zero-order valence-corrected chi connectivity index (χ0v) is 7.13. The highest BCUT2D eigenvalue weighted by atomic mass is 16.1. The lowest BCUT2D eigenvalue weighted by Gasteiger charge is -2.19. The lowest BCUT2D eigenvalue weighted by Crippen LogP contribution is -2.23. The quantitative estimate of drug-likeness (QED) is 0.619. The number of nitrogens with one attached hydrogen (secondary N) is 1. The minimum absolute atomic E-state index is 0.000880.